The molecule has 0 aromatic heterocycles. The molecule has 0 aliphatic heterocycles. The highest BCUT2D eigenvalue weighted by molar-refractivity contribution is 5.51. The number of benzene rings is 2. The molecule has 0 radical (unpaired) electrons. The van der Waals surface area contributed by atoms with Crippen molar-refractivity contribution in [3.05, 3.63) is 82.9 Å². The Morgan fingerprint density at radius 3 is 2.38 bits per heavy atom. The van der Waals surface area contributed by atoms with Gasteiger partial charge in [0, 0.05) is 0 Å². The van der Waals surface area contributed by atoms with E-state index in [1.165, 1.54) is 34.2 Å². The lowest BCUT2D eigenvalue weighted by molar-refractivity contribution is 0.587. The highest BCUT2D eigenvalue weighted by atomic mass is 14.1. The minimum absolute atomic E-state index is 0.650. The molecule has 1 atom stereocenters. The van der Waals surface area contributed by atoms with Crippen LogP contribution < -0.4 is 0 Å². The van der Waals surface area contributed by atoms with Crippen LogP contribution >= 0.6 is 0 Å². The molecule has 0 amide bonds. The Hall–Kier alpha value is -2.08. The molecule has 0 saturated heterocycles. The second-order valence-electron chi connectivity index (χ2n) is 6.84. The molecule has 0 heteroatoms. The van der Waals surface area contributed by atoms with Gasteiger partial charge in [-0.1, -0.05) is 93.1 Å². The Labute approximate surface area is 147 Å². The molecular weight excluding hydrogens is 288 g/mol. The lowest BCUT2D eigenvalue weighted by atomic mass is 9.91. The van der Waals surface area contributed by atoms with Crippen LogP contribution in [0.4, 0.5) is 0 Å². The summed E-state index contributed by atoms with van der Waals surface area (Å²) in [6.45, 7) is 10.6. The minimum atomic E-state index is 0.650. The SMILES string of the molecule is C=Cc1ccc(CC(C)C/C=C/c2ccc(C)cc2)c(CCC)c1. The van der Waals surface area contributed by atoms with Crippen molar-refractivity contribution in [3.8, 4) is 0 Å². The molecule has 24 heavy (non-hydrogen) atoms. The van der Waals surface area contributed by atoms with Crippen LogP contribution in [0.1, 0.15) is 54.5 Å². The highest BCUT2D eigenvalue weighted by Crippen LogP contribution is 2.20. The van der Waals surface area contributed by atoms with Crippen molar-refractivity contribution >= 4 is 12.2 Å². The molecule has 0 spiro atoms. The fourth-order valence-electron chi connectivity index (χ4n) is 3.05. The molecule has 0 fully saturated rings. The van der Waals surface area contributed by atoms with E-state index in [1.54, 1.807) is 0 Å². The van der Waals surface area contributed by atoms with Crippen molar-refractivity contribution in [3.63, 3.8) is 0 Å². The molecule has 126 valence electrons. The summed E-state index contributed by atoms with van der Waals surface area (Å²) < 4.78 is 0. The molecule has 0 aliphatic rings. The number of allylic oxidation sites excluding steroid dienone is 1. The van der Waals surface area contributed by atoms with Gasteiger partial charge in [-0.15, -0.1) is 0 Å². The maximum absolute atomic E-state index is 3.89. The molecule has 0 bridgehead atoms. The van der Waals surface area contributed by atoms with Crippen molar-refractivity contribution in [2.24, 2.45) is 5.92 Å². The maximum Gasteiger partial charge on any atom is -0.0247 e. The Morgan fingerprint density at radius 1 is 1.00 bits per heavy atom. The summed E-state index contributed by atoms with van der Waals surface area (Å²) in [5.41, 5.74) is 6.82. The van der Waals surface area contributed by atoms with Crippen LogP contribution in [0, 0.1) is 12.8 Å². The van der Waals surface area contributed by atoms with E-state index < -0.39 is 0 Å². The minimum Gasteiger partial charge on any atom is -0.0985 e. The normalized spacial score (nSPS) is 12.5. The zero-order chi connectivity index (χ0) is 17.4. The zero-order valence-electron chi connectivity index (χ0n) is 15.4. The fraction of sp³-hybridized carbons (Fsp3) is 0.333. The molecule has 2 aromatic carbocycles. The summed E-state index contributed by atoms with van der Waals surface area (Å²) in [5.74, 6) is 0.650. The van der Waals surface area contributed by atoms with Crippen LogP contribution in [-0.4, -0.2) is 0 Å². The van der Waals surface area contributed by atoms with Crippen molar-refractivity contribution in [2.45, 2.75) is 46.5 Å². The van der Waals surface area contributed by atoms with Gasteiger partial charge in [-0.25, -0.2) is 0 Å². The molecule has 2 aromatic rings. The lowest BCUT2D eigenvalue weighted by Gasteiger charge is -2.14. The van der Waals surface area contributed by atoms with Crippen LogP contribution in [0.15, 0.2) is 55.1 Å². The molecule has 0 nitrogen and oxygen atoms in total. The number of hydrogen-bond donors (Lipinski definition) is 0. The average molecular weight is 319 g/mol. The summed E-state index contributed by atoms with van der Waals surface area (Å²) in [5, 5.41) is 0. The predicted molar refractivity (Wildman–Crippen MR) is 108 cm³/mol. The Kier molecular flexibility index (Phi) is 7.06. The smallest absolute Gasteiger partial charge is 0.0247 e. The topological polar surface area (TPSA) is 0 Å². The molecule has 0 saturated carbocycles. The van der Waals surface area contributed by atoms with Gasteiger partial charge < -0.3 is 0 Å². The van der Waals surface area contributed by atoms with E-state index in [1.807, 2.05) is 6.08 Å². The van der Waals surface area contributed by atoms with Crippen LogP contribution in [0.2, 0.25) is 0 Å². The van der Waals surface area contributed by atoms with Crippen molar-refractivity contribution < 1.29 is 0 Å². The standard InChI is InChI=1S/C24H30/c1-5-8-23-18-21(6-2)15-16-24(23)17-20(4)9-7-10-22-13-11-19(3)12-14-22/h6-7,10-16,18,20H,2,5,8-9,17H2,1,3-4H3/b10-7+. The Bertz CT molecular complexity index is 674. The van der Waals surface area contributed by atoms with Gasteiger partial charge in [-0.2, -0.15) is 0 Å². The third-order valence-electron chi connectivity index (χ3n) is 4.48. The number of rotatable bonds is 8. The fourth-order valence-corrected chi connectivity index (χ4v) is 3.05. The molecule has 1 unspecified atom stereocenters. The van der Waals surface area contributed by atoms with Gasteiger partial charge >= 0.3 is 0 Å². The first-order valence-corrected chi connectivity index (χ1v) is 9.09. The monoisotopic (exact) mass is 318 g/mol. The summed E-state index contributed by atoms with van der Waals surface area (Å²) in [6.07, 6.45) is 11.1. The van der Waals surface area contributed by atoms with Gasteiger partial charge in [0.25, 0.3) is 0 Å². The quantitative estimate of drug-likeness (QED) is 0.498. The Balaban J connectivity index is 1.97. The third-order valence-corrected chi connectivity index (χ3v) is 4.48. The van der Waals surface area contributed by atoms with Gasteiger partial charge in [-0.05, 0) is 54.4 Å². The van der Waals surface area contributed by atoms with Gasteiger partial charge in [0.15, 0.2) is 0 Å². The van der Waals surface area contributed by atoms with Crippen molar-refractivity contribution in [1.29, 1.82) is 0 Å². The molecule has 0 heterocycles. The van der Waals surface area contributed by atoms with Gasteiger partial charge in [0.2, 0.25) is 0 Å². The van der Waals surface area contributed by atoms with Crippen LogP contribution in [0.3, 0.4) is 0 Å². The molecule has 0 N–H and O–H groups in total. The summed E-state index contributed by atoms with van der Waals surface area (Å²) >= 11 is 0. The first-order valence-electron chi connectivity index (χ1n) is 9.09. The molecule has 2 rings (SSSR count). The molecular formula is C24H30. The first-order chi connectivity index (χ1) is 11.6. The second kappa shape index (κ2) is 9.27. The van der Waals surface area contributed by atoms with Crippen molar-refractivity contribution in [1.82, 2.24) is 0 Å². The van der Waals surface area contributed by atoms with Gasteiger partial charge in [-0.3, -0.25) is 0 Å². The molecule has 0 aliphatic carbocycles. The average Bonchev–Trinajstić information content (AvgIpc) is 2.58. The van der Waals surface area contributed by atoms with E-state index in [0.717, 1.165) is 19.3 Å². The van der Waals surface area contributed by atoms with E-state index in [0.29, 0.717) is 5.92 Å². The largest absolute Gasteiger partial charge is 0.0985 e. The lowest BCUT2D eigenvalue weighted by Crippen LogP contribution is -2.02. The Morgan fingerprint density at radius 2 is 1.71 bits per heavy atom. The third kappa shape index (κ3) is 5.53. The second-order valence-corrected chi connectivity index (χ2v) is 6.84. The first kappa shape index (κ1) is 18.3. The zero-order valence-corrected chi connectivity index (χ0v) is 15.4. The maximum atomic E-state index is 3.89. The van der Waals surface area contributed by atoms with E-state index in [-0.39, 0.29) is 0 Å². The van der Waals surface area contributed by atoms with Gasteiger partial charge in [0.05, 0.1) is 0 Å². The highest BCUT2D eigenvalue weighted by Gasteiger charge is 2.07. The number of hydrogen-bond acceptors (Lipinski definition) is 0. The summed E-state index contributed by atoms with van der Waals surface area (Å²) in [4.78, 5) is 0. The summed E-state index contributed by atoms with van der Waals surface area (Å²) in [6, 6.07) is 15.5. The van der Waals surface area contributed by atoms with Crippen LogP contribution in [0.25, 0.3) is 12.2 Å². The van der Waals surface area contributed by atoms with E-state index in [2.05, 4.69) is 82.0 Å². The van der Waals surface area contributed by atoms with Crippen LogP contribution in [-0.2, 0) is 12.8 Å². The van der Waals surface area contributed by atoms with Crippen LogP contribution in [0.5, 0.6) is 0 Å². The summed E-state index contributed by atoms with van der Waals surface area (Å²) in [7, 11) is 0. The van der Waals surface area contributed by atoms with Gasteiger partial charge in [0.1, 0.15) is 0 Å². The van der Waals surface area contributed by atoms with Crippen molar-refractivity contribution in [2.75, 3.05) is 0 Å². The number of aryl methyl sites for hydroxylation is 2. The van der Waals surface area contributed by atoms with E-state index >= 15 is 0 Å². The predicted octanol–water partition coefficient (Wildman–Crippen LogP) is 6.87. The van der Waals surface area contributed by atoms with E-state index in [4.69, 9.17) is 0 Å². The van der Waals surface area contributed by atoms with E-state index in [9.17, 15) is 0 Å².